The van der Waals surface area contributed by atoms with Gasteiger partial charge in [-0.2, -0.15) is 4.98 Å². The highest BCUT2D eigenvalue weighted by Crippen LogP contribution is 2.16. The molecule has 0 aliphatic heterocycles. The van der Waals surface area contributed by atoms with Crippen molar-refractivity contribution in [3.05, 3.63) is 60.2 Å². The lowest BCUT2D eigenvalue weighted by Gasteiger charge is -2.07. The number of rotatable bonds is 4. The van der Waals surface area contributed by atoms with Gasteiger partial charge >= 0.3 is 0 Å². The fourth-order valence-corrected chi connectivity index (χ4v) is 2.18. The average Bonchev–Trinajstić information content (AvgIpc) is 3.03. The van der Waals surface area contributed by atoms with Crippen molar-refractivity contribution in [1.82, 2.24) is 20.4 Å². The zero-order valence-electron chi connectivity index (χ0n) is 12.5. The van der Waals surface area contributed by atoms with E-state index in [1.807, 2.05) is 43.3 Å². The van der Waals surface area contributed by atoms with Crippen molar-refractivity contribution in [2.75, 3.05) is 5.32 Å². The molecular weight excluding hydrogens is 310 g/mol. The van der Waals surface area contributed by atoms with Crippen molar-refractivity contribution < 1.29 is 4.52 Å². The van der Waals surface area contributed by atoms with Crippen molar-refractivity contribution in [3.63, 3.8) is 0 Å². The fourth-order valence-electron chi connectivity index (χ4n) is 1.99. The summed E-state index contributed by atoms with van der Waals surface area (Å²) >= 11 is 5.22. The van der Waals surface area contributed by atoms with Crippen LogP contribution in [0.3, 0.4) is 0 Å². The number of benzene rings is 1. The standard InChI is InChI=1S/C16H15N5OS/c1-11-3-2-4-12(9-11)15-20-14(22-21-15)10-18-16(23)19-13-5-7-17-8-6-13/h2-9H,10H2,1H3,(H2,17,18,19,23). The monoisotopic (exact) mass is 325 g/mol. The SMILES string of the molecule is Cc1cccc(-c2noc(CNC(=S)Nc3ccncc3)n2)c1. The zero-order valence-corrected chi connectivity index (χ0v) is 13.3. The molecule has 6 nitrogen and oxygen atoms in total. The van der Waals surface area contributed by atoms with Gasteiger partial charge in [-0.1, -0.05) is 28.9 Å². The molecule has 2 aromatic heterocycles. The molecule has 0 unspecified atom stereocenters. The van der Waals surface area contributed by atoms with Gasteiger partial charge in [-0.15, -0.1) is 0 Å². The molecule has 3 aromatic rings. The normalized spacial score (nSPS) is 10.3. The quantitative estimate of drug-likeness (QED) is 0.714. The number of aromatic nitrogens is 3. The molecule has 3 rings (SSSR count). The van der Waals surface area contributed by atoms with E-state index in [-0.39, 0.29) is 0 Å². The summed E-state index contributed by atoms with van der Waals surface area (Å²) in [6.45, 7) is 2.38. The number of pyridine rings is 1. The third-order valence-electron chi connectivity index (χ3n) is 3.08. The third-order valence-corrected chi connectivity index (χ3v) is 3.33. The first-order chi connectivity index (χ1) is 11.2. The van der Waals surface area contributed by atoms with Crippen LogP contribution in [0.25, 0.3) is 11.4 Å². The highest BCUT2D eigenvalue weighted by Gasteiger charge is 2.09. The van der Waals surface area contributed by atoms with E-state index < -0.39 is 0 Å². The summed E-state index contributed by atoms with van der Waals surface area (Å²) in [5.41, 5.74) is 2.94. The van der Waals surface area contributed by atoms with Gasteiger partial charge in [0.1, 0.15) is 0 Å². The molecule has 2 N–H and O–H groups in total. The largest absolute Gasteiger partial charge is 0.353 e. The Morgan fingerprint density at radius 1 is 1.22 bits per heavy atom. The molecule has 23 heavy (non-hydrogen) atoms. The minimum absolute atomic E-state index is 0.357. The molecule has 0 spiro atoms. The minimum atomic E-state index is 0.357. The molecular formula is C16H15N5OS. The van der Waals surface area contributed by atoms with E-state index in [4.69, 9.17) is 16.7 Å². The summed E-state index contributed by atoms with van der Waals surface area (Å²) in [5, 5.41) is 10.5. The highest BCUT2D eigenvalue weighted by atomic mass is 32.1. The second-order valence-electron chi connectivity index (χ2n) is 4.92. The molecule has 0 saturated carbocycles. The maximum atomic E-state index is 5.24. The Balaban J connectivity index is 1.58. The molecule has 1 aromatic carbocycles. The van der Waals surface area contributed by atoms with Gasteiger partial charge in [0.15, 0.2) is 5.11 Å². The lowest BCUT2D eigenvalue weighted by Crippen LogP contribution is -2.27. The van der Waals surface area contributed by atoms with Gasteiger partial charge in [0, 0.05) is 23.6 Å². The number of nitrogens with zero attached hydrogens (tertiary/aromatic N) is 3. The van der Waals surface area contributed by atoms with Crippen LogP contribution in [0.2, 0.25) is 0 Å². The van der Waals surface area contributed by atoms with Crippen molar-refractivity contribution in [1.29, 1.82) is 0 Å². The molecule has 116 valence electrons. The lowest BCUT2D eigenvalue weighted by molar-refractivity contribution is 0.376. The number of hydrogen-bond acceptors (Lipinski definition) is 5. The summed E-state index contributed by atoms with van der Waals surface area (Å²) < 4.78 is 5.24. The summed E-state index contributed by atoms with van der Waals surface area (Å²) in [4.78, 5) is 8.31. The first-order valence-electron chi connectivity index (χ1n) is 7.05. The molecule has 0 aliphatic rings. The zero-order chi connectivity index (χ0) is 16.1. The van der Waals surface area contributed by atoms with Gasteiger partial charge in [0.05, 0.1) is 6.54 Å². The average molecular weight is 325 g/mol. The molecule has 2 heterocycles. The maximum Gasteiger partial charge on any atom is 0.246 e. The van der Waals surface area contributed by atoms with Crippen LogP contribution < -0.4 is 10.6 Å². The number of anilines is 1. The summed E-state index contributed by atoms with van der Waals surface area (Å²) in [6, 6.07) is 11.6. The first kappa shape index (κ1) is 15.1. The lowest BCUT2D eigenvalue weighted by atomic mass is 10.1. The Morgan fingerprint density at radius 3 is 2.83 bits per heavy atom. The number of thiocarbonyl (C=S) groups is 1. The summed E-state index contributed by atoms with van der Waals surface area (Å²) in [6.07, 6.45) is 3.38. The van der Waals surface area contributed by atoms with Crippen LogP contribution in [0, 0.1) is 6.92 Å². The predicted octanol–water partition coefficient (Wildman–Crippen LogP) is 2.93. The van der Waals surface area contributed by atoms with Crippen LogP contribution in [0.5, 0.6) is 0 Å². The molecule has 7 heteroatoms. The Kier molecular flexibility index (Phi) is 4.58. The Hall–Kier alpha value is -2.80. The van der Waals surface area contributed by atoms with Gasteiger partial charge < -0.3 is 15.2 Å². The molecule has 0 amide bonds. The van der Waals surface area contributed by atoms with Crippen molar-refractivity contribution in [3.8, 4) is 11.4 Å². The van der Waals surface area contributed by atoms with Gasteiger partial charge in [-0.05, 0) is 37.3 Å². The van der Waals surface area contributed by atoms with Crippen LogP contribution >= 0.6 is 12.2 Å². The smallest absolute Gasteiger partial charge is 0.246 e. The van der Waals surface area contributed by atoms with Crippen molar-refractivity contribution >= 4 is 23.0 Å². The first-order valence-corrected chi connectivity index (χ1v) is 7.46. The second-order valence-corrected chi connectivity index (χ2v) is 5.33. The third kappa shape index (κ3) is 4.10. The van der Waals surface area contributed by atoms with Crippen LogP contribution in [-0.4, -0.2) is 20.2 Å². The molecule has 0 aliphatic carbocycles. The van der Waals surface area contributed by atoms with Gasteiger partial charge in [-0.25, -0.2) is 0 Å². The highest BCUT2D eigenvalue weighted by molar-refractivity contribution is 7.80. The number of hydrogen-bond donors (Lipinski definition) is 2. The van der Waals surface area contributed by atoms with Crippen LogP contribution in [-0.2, 0) is 6.54 Å². The molecule has 0 fully saturated rings. The Labute approximate surface area is 139 Å². The second kappa shape index (κ2) is 6.97. The van der Waals surface area contributed by atoms with Gasteiger partial charge in [0.25, 0.3) is 0 Å². The topological polar surface area (TPSA) is 75.9 Å². The van der Waals surface area contributed by atoms with Gasteiger partial charge in [0.2, 0.25) is 11.7 Å². The minimum Gasteiger partial charge on any atom is -0.353 e. The molecule has 0 saturated heterocycles. The van der Waals surface area contributed by atoms with E-state index in [1.165, 1.54) is 0 Å². The van der Waals surface area contributed by atoms with Crippen molar-refractivity contribution in [2.24, 2.45) is 0 Å². The number of nitrogens with one attached hydrogen (secondary N) is 2. The van der Waals surface area contributed by atoms with Crippen molar-refractivity contribution in [2.45, 2.75) is 13.5 Å². The van der Waals surface area contributed by atoms with Crippen LogP contribution in [0.4, 0.5) is 5.69 Å². The molecule has 0 radical (unpaired) electrons. The summed E-state index contributed by atoms with van der Waals surface area (Å²) in [7, 11) is 0. The molecule has 0 atom stereocenters. The van der Waals surface area contributed by atoms with E-state index in [9.17, 15) is 0 Å². The van der Waals surface area contributed by atoms with E-state index >= 15 is 0 Å². The number of aryl methyl sites for hydroxylation is 1. The van der Waals surface area contributed by atoms with Crippen LogP contribution in [0.15, 0.2) is 53.3 Å². The summed E-state index contributed by atoms with van der Waals surface area (Å²) in [5.74, 6) is 1.04. The molecule has 0 bridgehead atoms. The van der Waals surface area contributed by atoms with Crippen LogP contribution in [0.1, 0.15) is 11.5 Å². The van der Waals surface area contributed by atoms with E-state index in [0.29, 0.717) is 23.4 Å². The Bertz CT molecular complexity index is 803. The fraction of sp³-hybridized carbons (Fsp3) is 0.125. The maximum absolute atomic E-state index is 5.24. The predicted molar refractivity (Wildman–Crippen MR) is 91.8 cm³/mol. The van der Waals surface area contributed by atoms with E-state index in [0.717, 1.165) is 16.8 Å². The van der Waals surface area contributed by atoms with E-state index in [1.54, 1.807) is 12.4 Å². The van der Waals surface area contributed by atoms with E-state index in [2.05, 4.69) is 25.8 Å². The Morgan fingerprint density at radius 2 is 2.04 bits per heavy atom. The van der Waals surface area contributed by atoms with Gasteiger partial charge in [-0.3, -0.25) is 4.98 Å².